The van der Waals surface area contributed by atoms with E-state index in [1.807, 2.05) is 0 Å². The van der Waals surface area contributed by atoms with Gasteiger partial charge >= 0.3 is 0 Å². The van der Waals surface area contributed by atoms with E-state index in [4.69, 9.17) is 0 Å². The Bertz CT molecular complexity index is 1120. The van der Waals surface area contributed by atoms with Crippen molar-refractivity contribution in [3.8, 4) is 5.75 Å². The molecule has 0 aliphatic carbocycles. The quantitative estimate of drug-likeness (QED) is 0.408. The molecule has 1 saturated heterocycles. The zero-order valence-electron chi connectivity index (χ0n) is 17.1. The summed E-state index contributed by atoms with van der Waals surface area (Å²) in [7, 11) is -3.71. The molecule has 172 valence electrons. The highest BCUT2D eigenvalue weighted by molar-refractivity contribution is 7.89. The number of anilines is 1. The molecule has 2 aromatic carbocycles. The average Bonchev–Trinajstić information content (AvgIpc) is 3.28. The van der Waals surface area contributed by atoms with Crippen molar-refractivity contribution in [3.05, 3.63) is 53.6 Å². The third-order valence-electron chi connectivity index (χ3n) is 4.99. The number of sulfonamides is 1. The Morgan fingerprint density at radius 1 is 1.06 bits per heavy atom. The Kier molecular flexibility index (Phi) is 7.41. The number of nitrogens with zero attached hydrogens (tertiary/aromatic N) is 1. The predicted molar refractivity (Wildman–Crippen MR) is 113 cm³/mol. The van der Waals surface area contributed by atoms with E-state index in [2.05, 4.69) is 10.6 Å². The number of hydrogen-bond donors (Lipinski definition) is 3. The monoisotopic (exact) mass is 467 g/mol. The number of nitrogens with one attached hydrogen (secondary N) is 2. The van der Waals surface area contributed by atoms with Gasteiger partial charge in [-0.05, 0) is 49.6 Å². The predicted octanol–water partition coefficient (Wildman–Crippen LogP) is 2.60. The van der Waals surface area contributed by atoms with Gasteiger partial charge in [-0.2, -0.15) is 4.31 Å². The molecule has 1 aliphatic heterocycles. The number of rotatable bonds is 8. The largest absolute Gasteiger partial charge is 0.506 e. The van der Waals surface area contributed by atoms with Gasteiger partial charge in [-0.3, -0.25) is 9.59 Å². The summed E-state index contributed by atoms with van der Waals surface area (Å²) in [6.45, 7) is 0.912. The van der Waals surface area contributed by atoms with Crippen LogP contribution in [0, 0.1) is 11.6 Å². The van der Waals surface area contributed by atoms with E-state index >= 15 is 0 Å². The van der Waals surface area contributed by atoms with E-state index in [0.29, 0.717) is 19.2 Å². The maximum atomic E-state index is 13.6. The van der Waals surface area contributed by atoms with Crippen molar-refractivity contribution in [1.29, 1.82) is 0 Å². The van der Waals surface area contributed by atoms with Crippen molar-refractivity contribution in [1.82, 2.24) is 9.62 Å². The van der Waals surface area contributed by atoms with Crippen LogP contribution in [-0.4, -0.2) is 49.3 Å². The van der Waals surface area contributed by atoms with Gasteiger partial charge in [0, 0.05) is 32.1 Å². The molecule has 0 atom stereocenters. The topological polar surface area (TPSA) is 116 Å². The van der Waals surface area contributed by atoms with Gasteiger partial charge in [-0.1, -0.05) is 0 Å². The molecule has 8 nitrogen and oxygen atoms in total. The Morgan fingerprint density at radius 2 is 1.78 bits per heavy atom. The van der Waals surface area contributed by atoms with Crippen LogP contribution in [0.25, 0.3) is 0 Å². The van der Waals surface area contributed by atoms with Crippen LogP contribution in [0.1, 0.15) is 36.0 Å². The Hall–Kier alpha value is -3.05. The Balaban J connectivity index is 1.53. The molecule has 0 bridgehead atoms. The molecule has 0 unspecified atom stereocenters. The van der Waals surface area contributed by atoms with Crippen molar-refractivity contribution in [2.24, 2.45) is 0 Å². The van der Waals surface area contributed by atoms with Gasteiger partial charge < -0.3 is 15.7 Å². The molecule has 32 heavy (non-hydrogen) atoms. The first-order chi connectivity index (χ1) is 15.2. The van der Waals surface area contributed by atoms with E-state index in [-0.39, 0.29) is 41.3 Å². The van der Waals surface area contributed by atoms with E-state index in [0.717, 1.165) is 25.0 Å². The first kappa shape index (κ1) is 23.6. The van der Waals surface area contributed by atoms with Crippen LogP contribution in [-0.2, 0) is 14.8 Å². The fourth-order valence-electron chi connectivity index (χ4n) is 3.29. The summed E-state index contributed by atoms with van der Waals surface area (Å²) < 4.78 is 53.2. The third kappa shape index (κ3) is 5.60. The summed E-state index contributed by atoms with van der Waals surface area (Å²) in [6.07, 6.45) is 1.72. The van der Waals surface area contributed by atoms with Gasteiger partial charge in [0.1, 0.15) is 17.4 Å². The number of phenolic OH excluding ortho intramolecular Hbond substituents is 1. The second kappa shape index (κ2) is 10.0. The van der Waals surface area contributed by atoms with Crippen LogP contribution in [0.3, 0.4) is 0 Å². The first-order valence-corrected chi connectivity index (χ1v) is 11.5. The summed E-state index contributed by atoms with van der Waals surface area (Å²) in [5.41, 5.74) is -0.343. The third-order valence-corrected chi connectivity index (χ3v) is 6.88. The summed E-state index contributed by atoms with van der Waals surface area (Å²) >= 11 is 0. The lowest BCUT2D eigenvalue weighted by molar-refractivity contribution is -0.116. The molecule has 0 aromatic heterocycles. The van der Waals surface area contributed by atoms with E-state index in [9.17, 15) is 31.9 Å². The summed E-state index contributed by atoms with van der Waals surface area (Å²) in [5, 5.41) is 14.9. The van der Waals surface area contributed by atoms with E-state index in [1.165, 1.54) is 22.5 Å². The smallest absolute Gasteiger partial charge is 0.254 e. The van der Waals surface area contributed by atoms with E-state index in [1.54, 1.807) is 0 Å². The molecule has 1 fully saturated rings. The lowest BCUT2D eigenvalue weighted by atomic mass is 10.2. The highest BCUT2D eigenvalue weighted by Gasteiger charge is 2.28. The SMILES string of the molecule is O=C(CCCNC(=O)c1ccc(F)cc1F)Nc1cc(S(=O)(=O)N2CCCC2)ccc1O. The summed E-state index contributed by atoms with van der Waals surface area (Å²) in [5.74, 6) is -3.30. The van der Waals surface area contributed by atoms with Crippen LogP contribution in [0.4, 0.5) is 14.5 Å². The fraction of sp³-hybridized carbons (Fsp3) is 0.333. The number of benzene rings is 2. The van der Waals surface area contributed by atoms with E-state index < -0.39 is 33.5 Å². The van der Waals surface area contributed by atoms with Gasteiger partial charge in [0.15, 0.2) is 0 Å². The lowest BCUT2D eigenvalue weighted by Gasteiger charge is -2.16. The van der Waals surface area contributed by atoms with Crippen LogP contribution in [0.15, 0.2) is 41.3 Å². The molecular formula is C21H23F2N3O5S. The lowest BCUT2D eigenvalue weighted by Crippen LogP contribution is -2.28. The molecule has 3 rings (SSSR count). The maximum Gasteiger partial charge on any atom is 0.254 e. The number of hydrogen-bond acceptors (Lipinski definition) is 5. The first-order valence-electron chi connectivity index (χ1n) is 10.0. The summed E-state index contributed by atoms with van der Waals surface area (Å²) in [6, 6.07) is 6.29. The van der Waals surface area contributed by atoms with Crippen LogP contribution in [0.5, 0.6) is 5.75 Å². The highest BCUT2D eigenvalue weighted by atomic mass is 32.2. The number of halogens is 2. The Labute approximate surface area is 184 Å². The van der Waals surface area contributed by atoms with Crippen molar-refractivity contribution in [3.63, 3.8) is 0 Å². The van der Waals surface area contributed by atoms with Gasteiger partial charge in [-0.25, -0.2) is 17.2 Å². The summed E-state index contributed by atoms with van der Waals surface area (Å²) in [4.78, 5) is 24.1. The molecule has 2 amide bonds. The number of amides is 2. The molecule has 3 N–H and O–H groups in total. The molecule has 1 heterocycles. The van der Waals surface area contributed by atoms with Gasteiger partial charge in [0.2, 0.25) is 15.9 Å². The molecule has 11 heteroatoms. The maximum absolute atomic E-state index is 13.6. The molecule has 1 aliphatic rings. The minimum absolute atomic E-state index is 0.0268. The Morgan fingerprint density at radius 3 is 2.47 bits per heavy atom. The van der Waals surface area contributed by atoms with Gasteiger partial charge in [-0.15, -0.1) is 0 Å². The van der Waals surface area contributed by atoms with Crippen LogP contribution < -0.4 is 10.6 Å². The minimum atomic E-state index is -3.71. The van der Waals surface area contributed by atoms with Crippen molar-refractivity contribution >= 4 is 27.5 Å². The zero-order valence-corrected chi connectivity index (χ0v) is 17.9. The van der Waals surface area contributed by atoms with Gasteiger partial charge in [0.25, 0.3) is 5.91 Å². The molecule has 0 spiro atoms. The molecule has 2 aromatic rings. The van der Waals surface area contributed by atoms with Crippen LogP contribution >= 0.6 is 0 Å². The molecule has 0 saturated carbocycles. The molecule has 0 radical (unpaired) electrons. The van der Waals surface area contributed by atoms with Gasteiger partial charge in [0.05, 0.1) is 16.1 Å². The number of phenols is 1. The normalized spacial score (nSPS) is 14.3. The second-order valence-electron chi connectivity index (χ2n) is 7.32. The number of aromatic hydroxyl groups is 1. The fourth-order valence-corrected chi connectivity index (χ4v) is 4.83. The van der Waals surface area contributed by atoms with Crippen LogP contribution in [0.2, 0.25) is 0 Å². The highest BCUT2D eigenvalue weighted by Crippen LogP contribution is 2.29. The minimum Gasteiger partial charge on any atom is -0.506 e. The van der Waals surface area contributed by atoms with Crippen molar-refractivity contribution < 1.29 is 31.9 Å². The number of carbonyl (C=O) groups excluding carboxylic acids is 2. The molecular weight excluding hydrogens is 444 g/mol. The standard InChI is InChI=1S/C21H23F2N3O5S/c22-14-5-7-16(17(23)12-14)21(29)24-9-3-4-20(28)25-18-13-15(6-8-19(18)27)32(30,31)26-10-1-2-11-26/h5-8,12-13,27H,1-4,9-11H2,(H,24,29)(H,25,28). The number of carbonyl (C=O) groups is 2. The van der Waals surface area contributed by atoms with Crippen molar-refractivity contribution in [2.75, 3.05) is 25.0 Å². The van der Waals surface area contributed by atoms with Crippen molar-refractivity contribution in [2.45, 2.75) is 30.6 Å². The second-order valence-corrected chi connectivity index (χ2v) is 9.26. The zero-order chi connectivity index (χ0) is 23.3. The average molecular weight is 467 g/mol.